The highest BCUT2D eigenvalue weighted by Crippen LogP contribution is 2.20. The second-order valence-corrected chi connectivity index (χ2v) is 5.69. The minimum atomic E-state index is -1.21. The topological polar surface area (TPSA) is 70.4 Å². The van der Waals surface area contributed by atoms with Crippen LogP contribution in [0.5, 0.6) is 0 Å². The monoisotopic (exact) mass is 342 g/mol. The Morgan fingerprint density at radius 3 is 2.60 bits per heavy atom. The number of benzene rings is 1. The van der Waals surface area contributed by atoms with Gasteiger partial charge in [0.2, 0.25) is 0 Å². The van der Waals surface area contributed by atoms with Gasteiger partial charge in [-0.2, -0.15) is 0 Å². The summed E-state index contributed by atoms with van der Waals surface area (Å²) in [5.41, 5.74) is 1.82. The molecule has 2 rings (SSSR count). The van der Waals surface area contributed by atoms with E-state index >= 15 is 0 Å². The van der Waals surface area contributed by atoms with Crippen LogP contribution >= 0.6 is 0 Å². The van der Waals surface area contributed by atoms with Gasteiger partial charge in [0.1, 0.15) is 0 Å². The second-order valence-electron chi connectivity index (χ2n) is 5.69. The lowest BCUT2D eigenvalue weighted by atomic mass is 10.2. The molecule has 1 aromatic heterocycles. The summed E-state index contributed by atoms with van der Waals surface area (Å²) in [5, 5.41) is 0. The highest BCUT2D eigenvalue weighted by molar-refractivity contribution is 5.86. The van der Waals surface area contributed by atoms with Crippen molar-refractivity contribution in [3.63, 3.8) is 0 Å². The molecule has 0 spiro atoms. The van der Waals surface area contributed by atoms with E-state index in [-0.39, 0.29) is 6.61 Å². The van der Waals surface area contributed by atoms with Gasteiger partial charge in [-0.05, 0) is 26.3 Å². The fourth-order valence-corrected chi connectivity index (χ4v) is 2.28. The number of allylic oxidation sites excluding steroid dienone is 1. The van der Waals surface area contributed by atoms with Gasteiger partial charge in [0, 0.05) is 25.0 Å². The first-order valence-corrected chi connectivity index (χ1v) is 8.08. The molecule has 6 heteroatoms. The van der Waals surface area contributed by atoms with Crippen molar-refractivity contribution in [2.45, 2.75) is 33.4 Å². The molecule has 6 nitrogen and oxygen atoms in total. The lowest BCUT2D eigenvalue weighted by molar-refractivity contribution is -0.166. The van der Waals surface area contributed by atoms with E-state index in [4.69, 9.17) is 9.47 Å². The molecule has 0 aliphatic carbocycles. The molecule has 0 saturated heterocycles. The third-order valence-electron chi connectivity index (χ3n) is 3.32. The van der Waals surface area contributed by atoms with Gasteiger partial charge < -0.3 is 14.0 Å². The lowest BCUT2D eigenvalue weighted by Crippen LogP contribution is -2.25. The molecular weight excluding hydrogens is 320 g/mol. The van der Waals surface area contributed by atoms with Gasteiger partial charge in [0.05, 0.1) is 6.61 Å². The Morgan fingerprint density at radius 2 is 1.96 bits per heavy atom. The maximum Gasteiger partial charge on any atom is 0.355 e. The molecule has 1 aromatic carbocycles. The van der Waals surface area contributed by atoms with Crippen LogP contribution in [0.3, 0.4) is 0 Å². The van der Waals surface area contributed by atoms with Crippen LogP contribution in [0.4, 0.5) is 0 Å². The zero-order valence-corrected chi connectivity index (χ0v) is 14.6. The molecule has 0 amide bonds. The molecule has 2 aromatic rings. The molecule has 1 heterocycles. The van der Waals surface area contributed by atoms with E-state index in [1.807, 2.05) is 30.3 Å². The average molecular weight is 342 g/mol. The van der Waals surface area contributed by atoms with Crippen molar-refractivity contribution in [3.8, 4) is 0 Å². The van der Waals surface area contributed by atoms with Gasteiger partial charge in [-0.25, -0.2) is 14.6 Å². The highest BCUT2D eigenvalue weighted by Gasteiger charge is 2.30. The maximum absolute atomic E-state index is 12.3. The van der Waals surface area contributed by atoms with Crippen molar-refractivity contribution in [2.75, 3.05) is 6.61 Å². The number of carbonyl (C=O) groups excluding carboxylic acids is 2. The number of aromatic nitrogens is 2. The molecule has 132 valence electrons. The van der Waals surface area contributed by atoms with Crippen LogP contribution in [-0.2, 0) is 25.6 Å². The van der Waals surface area contributed by atoms with Crippen molar-refractivity contribution >= 4 is 11.9 Å². The number of ether oxygens (including phenoxy) is 2. The summed E-state index contributed by atoms with van der Waals surface area (Å²) in [6, 6.07) is 9.74. The van der Waals surface area contributed by atoms with Crippen LogP contribution in [0.2, 0.25) is 0 Å². The van der Waals surface area contributed by atoms with E-state index in [0.717, 1.165) is 11.1 Å². The van der Waals surface area contributed by atoms with E-state index in [1.165, 1.54) is 6.08 Å². The van der Waals surface area contributed by atoms with Crippen LogP contribution in [0, 0.1) is 0 Å². The Bertz CT molecular complexity index is 746. The summed E-state index contributed by atoms with van der Waals surface area (Å²) >= 11 is 0. The number of carbonyl (C=O) groups is 2. The third-order valence-corrected chi connectivity index (χ3v) is 3.32. The van der Waals surface area contributed by atoms with Crippen molar-refractivity contribution < 1.29 is 19.1 Å². The number of imidazole rings is 1. The molecule has 1 atom stereocenters. The molecule has 0 fully saturated rings. The first-order chi connectivity index (χ1) is 12.0. The quantitative estimate of drug-likeness (QED) is 0.571. The Kier molecular flexibility index (Phi) is 6.51. The van der Waals surface area contributed by atoms with Crippen molar-refractivity contribution in [1.29, 1.82) is 0 Å². The summed E-state index contributed by atoms with van der Waals surface area (Å²) in [7, 11) is 0. The zero-order valence-electron chi connectivity index (χ0n) is 14.6. The van der Waals surface area contributed by atoms with Crippen LogP contribution in [-0.4, -0.2) is 28.1 Å². The van der Waals surface area contributed by atoms with Gasteiger partial charge in [-0.15, -0.1) is 0 Å². The Labute approximate surface area is 147 Å². The minimum Gasteiger partial charge on any atom is -0.463 e. The lowest BCUT2D eigenvalue weighted by Gasteiger charge is -2.17. The van der Waals surface area contributed by atoms with Gasteiger partial charge in [-0.1, -0.05) is 35.9 Å². The molecule has 25 heavy (non-hydrogen) atoms. The molecule has 0 bridgehead atoms. The fourth-order valence-electron chi connectivity index (χ4n) is 2.28. The predicted octanol–water partition coefficient (Wildman–Crippen LogP) is 3.05. The van der Waals surface area contributed by atoms with Crippen LogP contribution in [0.15, 0.2) is 54.4 Å². The van der Waals surface area contributed by atoms with Crippen molar-refractivity contribution in [3.05, 3.63) is 65.8 Å². The van der Waals surface area contributed by atoms with Crippen molar-refractivity contribution in [1.82, 2.24) is 9.55 Å². The summed E-state index contributed by atoms with van der Waals surface area (Å²) in [6.45, 7) is 5.94. The van der Waals surface area contributed by atoms with Gasteiger partial charge in [0.15, 0.2) is 5.82 Å². The predicted molar refractivity (Wildman–Crippen MR) is 92.7 cm³/mol. The average Bonchev–Trinajstić information content (AvgIpc) is 3.01. The Morgan fingerprint density at radius 1 is 1.24 bits per heavy atom. The number of hydrogen-bond acceptors (Lipinski definition) is 5. The summed E-state index contributed by atoms with van der Waals surface area (Å²) < 4.78 is 12.1. The fraction of sp³-hybridized carbons (Fsp3) is 0.316. The largest absolute Gasteiger partial charge is 0.463 e. The molecule has 0 radical (unpaired) electrons. The van der Waals surface area contributed by atoms with Crippen LogP contribution in [0.25, 0.3) is 0 Å². The number of nitrogens with zero attached hydrogens (tertiary/aromatic N) is 2. The molecule has 0 saturated carbocycles. The molecule has 0 aliphatic rings. The van der Waals surface area contributed by atoms with E-state index in [2.05, 4.69) is 4.98 Å². The van der Waals surface area contributed by atoms with E-state index in [9.17, 15) is 9.59 Å². The maximum atomic E-state index is 12.3. The third kappa shape index (κ3) is 5.31. The SMILES string of the molecule is CCOC(=O)[C@@H](OC(=O)C=C(C)C)c1nccn1Cc1ccccc1. The standard InChI is InChI=1S/C19H22N2O4/c1-4-24-19(23)17(25-16(22)12-14(2)3)18-20-10-11-21(18)13-15-8-6-5-7-9-15/h5-12,17H,4,13H2,1-3H3/t17-/m0/s1. The molecular formula is C19H22N2O4. The Balaban J connectivity index is 2.28. The summed E-state index contributed by atoms with van der Waals surface area (Å²) in [6.07, 6.45) is 3.43. The molecule has 0 aliphatic heterocycles. The van der Waals surface area contributed by atoms with Gasteiger partial charge >= 0.3 is 11.9 Å². The molecule has 0 unspecified atom stereocenters. The first kappa shape index (κ1) is 18.4. The van der Waals surface area contributed by atoms with E-state index in [0.29, 0.717) is 12.4 Å². The smallest absolute Gasteiger partial charge is 0.355 e. The zero-order chi connectivity index (χ0) is 18.2. The van der Waals surface area contributed by atoms with Gasteiger partial charge in [-0.3, -0.25) is 0 Å². The van der Waals surface area contributed by atoms with Crippen LogP contribution < -0.4 is 0 Å². The van der Waals surface area contributed by atoms with Crippen molar-refractivity contribution in [2.24, 2.45) is 0 Å². The number of rotatable bonds is 7. The van der Waals surface area contributed by atoms with Gasteiger partial charge in [0.25, 0.3) is 6.10 Å². The minimum absolute atomic E-state index is 0.189. The normalized spacial score (nSPS) is 11.5. The summed E-state index contributed by atoms with van der Waals surface area (Å²) in [4.78, 5) is 28.5. The number of hydrogen-bond donors (Lipinski definition) is 0. The van der Waals surface area contributed by atoms with E-state index in [1.54, 1.807) is 37.7 Å². The van der Waals surface area contributed by atoms with Crippen LogP contribution in [0.1, 0.15) is 38.3 Å². The Hall–Kier alpha value is -2.89. The second kappa shape index (κ2) is 8.82. The number of esters is 2. The first-order valence-electron chi connectivity index (χ1n) is 8.08. The molecule has 0 N–H and O–H groups in total. The summed E-state index contributed by atoms with van der Waals surface area (Å²) in [5.74, 6) is -0.913. The van der Waals surface area contributed by atoms with E-state index < -0.39 is 18.0 Å². The highest BCUT2D eigenvalue weighted by atomic mass is 16.6.